The predicted octanol–water partition coefficient (Wildman–Crippen LogP) is 1.50. The van der Waals surface area contributed by atoms with Crippen LogP contribution in [0, 0.1) is 0 Å². The maximum atomic E-state index is 5.16. The van der Waals surface area contributed by atoms with E-state index in [-0.39, 0.29) is 0 Å². The summed E-state index contributed by atoms with van der Waals surface area (Å²) < 4.78 is 5.16. The van der Waals surface area contributed by atoms with Crippen molar-refractivity contribution in [2.75, 3.05) is 18.5 Å². The number of oxazole rings is 1. The Morgan fingerprint density at radius 2 is 2.40 bits per heavy atom. The van der Waals surface area contributed by atoms with Gasteiger partial charge in [0, 0.05) is 0 Å². The van der Waals surface area contributed by atoms with Crippen molar-refractivity contribution in [1.29, 1.82) is 0 Å². The fraction of sp³-hybridized carbons (Fsp3) is 0.200. The van der Waals surface area contributed by atoms with Crippen molar-refractivity contribution < 1.29 is 4.42 Å². The van der Waals surface area contributed by atoms with Crippen LogP contribution in [0.25, 0.3) is 11.1 Å². The van der Waals surface area contributed by atoms with Gasteiger partial charge in [-0.25, -0.2) is 4.98 Å². The van der Waals surface area contributed by atoms with Gasteiger partial charge in [-0.05, 0) is 18.2 Å². The Balaban J connectivity index is 1.87. The van der Waals surface area contributed by atoms with Crippen molar-refractivity contribution in [2.24, 2.45) is 4.99 Å². The van der Waals surface area contributed by atoms with Crippen LogP contribution in [0.5, 0.6) is 0 Å². The van der Waals surface area contributed by atoms with Crippen LogP contribution < -0.4 is 5.43 Å². The molecule has 1 aromatic heterocycles. The molecule has 1 aromatic carbocycles. The Hall–Kier alpha value is -2.04. The molecule has 0 radical (unpaired) electrons. The van der Waals surface area contributed by atoms with Crippen LogP contribution in [0.4, 0.5) is 5.69 Å². The molecule has 0 saturated heterocycles. The molecular formula is C10H10N4O. The van der Waals surface area contributed by atoms with E-state index in [0.29, 0.717) is 0 Å². The third kappa shape index (κ3) is 1.52. The number of benzene rings is 1. The molecule has 0 amide bonds. The Labute approximate surface area is 86.4 Å². The summed E-state index contributed by atoms with van der Waals surface area (Å²) in [5, 5.41) is 1.95. The summed E-state index contributed by atoms with van der Waals surface area (Å²) in [6.07, 6.45) is 3.25. The normalized spacial score (nSPS) is 15.1. The summed E-state index contributed by atoms with van der Waals surface area (Å²) in [6.45, 7) is 1.75. The van der Waals surface area contributed by atoms with Gasteiger partial charge >= 0.3 is 0 Å². The zero-order chi connectivity index (χ0) is 10.1. The molecule has 0 saturated carbocycles. The minimum Gasteiger partial charge on any atom is -0.443 e. The Morgan fingerprint density at radius 3 is 3.27 bits per heavy atom. The smallest absolute Gasteiger partial charge is 0.181 e. The molecule has 1 N–H and O–H groups in total. The lowest BCUT2D eigenvalue weighted by Gasteiger charge is -2.16. The lowest BCUT2D eigenvalue weighted by Crippen LogP contribution is -2.26. The zero-order valence-corrected chi connectivity index (χ0v) is 8.05. The number of hydrogen-bond donors (Lipinski definition) is 1. The molecule has 0 unspecified atom stereocenters. The number of fused-ring (bicyclic) bond motifs is 1. The molecule has 3 rings (SSSR count). The highest BCUT2D eigenvalue weighted by atomic mass is 16.3. The van der Waals surface area contributed by atoms with Gasteiger partial charge in [-0.2, -0.15) is 0 Å². The number of aromatic nitrogens is 1. The van der Waals surface area contributed by atoms with Gasteiger partial charge < -0.3 is 4.42 Å². The largest absolute Gasteiger partial charge is 0.443 e. The van der Waals surface area contributed by atoms with Crippen molar-refractivity contribution in [2.45, 2.75) is 0 Å². The van der Waals surface area contributed by atoms with Crippen LogP contribution in [0.15, 0.2) is 34.0 Å². The second kappa shape index (κ2) is 3.27. The van der Waals surface area contributed by atoms with E-state index in [0.717, 1.165) is 29.9 Å². The quantitative estimate of drug-likeness (QED) is 0.801. The molecule has 1 aliphatic heterocycles. The highest BCUT2D eigenvalue weighted by Crippen LogP contribution is 2.18. The van der Waals surface area contributed by atoms with Crippen molar-refractivity contribution in [1.82, 2.24) is 9.99 Å². The lowest BCUT2D eigenvalue weighted by molar-refractivity contribution is 0.557. The maximum absolute atomic E-state index is 5.16. The molecule has 0 bridgehead atoms. The highest BCUT2D eigenvalue weighted by Gasteiger charge is 2.06. The SMILES string of the molecule is C1=NCCN1Nc1ccc2ocnc2c1. The van der Waals surface area contributed by atoms with E-state index < -0.39 is 0 Å². The third-order valence-corrected chi connectivity index (χ3v) is 2.29. The average Bonchev–Trinajstić information content (AvgIpc) is 2.87. The summed E-state index contributed by atoms with van der Waals surface area (Å²) in [6, 6.07) is 5.81. The van der Waals surface area contributed by atoms with E-state index in [4.69, 9.17) is 4.42 Å². The first-order valence-electron chi connectivity index (χ1n) is 4.78. The molecule has 5 heteroatoms. The first-order chi connectivity index (χ1) is 7.42. The zero-order valence-electron chi connectivity index (χ0n) is 8.05. The summed E-state index contributed by atoms with van der Waals surface area (Å²) in [5.41, 5.74) is 5.87. The molecule has 5 nitrogen and oxygen atoms in total. The Morgan fingerprint density at radius 1 is 1.40 bits per heavy atom. The maximum Gasteiger partial charge on any atom is 0.181 e. The Kier molecular flexibility index (Phi) is 1.81. The predicted molar refractivity (Wildman–Crippen MR) is 57.7 cm³/mol. The van der Waals surface area contributed by atoms with Gasteiger partial charge in [0.05, 0.1) is 18.8 Å². The van der Waals surface area contributed by atoms with E-state index in [1.807, 2.05) is 23.2 Å². The van der Waals surface area contributed by atoms with Crippen LogP contribution in [0.1, 0.15) is 0 Å². The van der Waals surface area contributed by atoms with Crippen molar-refractivity contribution in [3.05, 3.63) is 24.6 Å². The van der Waals surface area contributed by atoms with Gasteiger partial charge in [-0.15, -0.1) is 0 Å². The van der Waals surface area contributed by atoms with Gasteiger partial charge in [-0.1, -0.05) is 0 Å². The van der Waals surface area contributed by atoms with E-state index in [2.05, 4.69) is 15.4 Å². The number of hydrogen-bond acceptors (Lipinski definition) is 5. The number of anilines is 1. The van der Waals surface area contributed by atoms with Crippen molar-refractivity contribution >= 4 is 23.1 Å². The van der Waals surface area contributed by atoms with Crippen LogP contribution in [-0.2, 0) is 0 Å². The molecule has 1 aliphatic rings. The van der Waals surface area contributed by atoms with E-state index in [1.165, 1.54) is 6.39 Å². The number of hydrazine groups is 1. The molecule has 2 heterocycles. The fourth-order valence-electron chi connectivity index (χ4n) is 1.56. The molecule has 2 aromatic rings. The number of nitrogens with zero attached hydrogens (tertiary/aromatic N) is 3. The lowest BCUT2D eigenvalue weighted by atomic mass is 10.3. The number of aliphatic imine (C=N–C) groups is 1. The van der Waals surface area contributed by atoms with Crippen LogP contribution in [0.2, 0.25) is 0 Å². The van der Waals surface area contributed by atoms with Gasteiger partial charge in [0.1, 0.15) is 11.9 Å². The molecule has 15 heavy (non-hydrogen) atoms. The molecule has 0 spiro atoms. The summed E-state index contributed by atoms with van der Waals surface area (Å²) in [7, 11) is 0. The average molecular weight is 202 g/mol. The third-order valence-electron chi connectivity index (χ3n) is 2.29. The minimum absolute atomic E-state index is 0.802. The van der Waals surface area contributed by atoms with Gasteiger partial charge in [-0.3, -0.25) is 15.4 Å². The van der Waals surface area contributed by atoms with Crippen molar-refractivity contribution in [3.63, 3.8) is 0 Å². The van der Waals surface area contributed by atoms with Crippen LogP contribution in [0.3, 0.4) is 0 Å². The highest BCUT2D eigenvalue weighted by molar-refractivity contribution is 5.77. The first kappa shape index (κ1) is 8.28. The van der Waals surface area contributed by atoms with E-state index >= 15 is 0 Å². The van der Waals surface area contributed by atoms with Gasteiger partial charge in [0.25, 0.3) is 0 Å². The number of nitrogens with one attached hydrogen (secondary N) is 1. The topological polar surface area (TPSA) is 53.7 Å². The summed E-state index contributed by atoms with van der Waals surface area (Å²) in [4.78, 5) is 8.21. The second-order valence-electron chi connectivity index (χ2n) is 3.36. The number of rotatable bonds is 2. The second-order valence-corrected chi connectivity index (χ2v) is 3.36. The van der Waals surface area contributed by atoms with Gasteiger partial charge in [0.15, 0.2) is 12.0 Å². The molecular weight excluding hydrogens is 192 g/mol. The summed E-state index contributed by atoms with van der Waals surface area (Å²) >= 11 is 0. The van der Waals surface area contributed by atoms with E-state index in [1.54, 1.807) is 6.34 Å². The monoisotopic (exact) mass is 202 g/mol. The van der Waals surface area contributed by atoms with Crippen LogP contribution in [-0.4, -0.2) is 29.4 Å². The molecule has 0 aliphatic carbocycles. The standard InChI is InChI=1S/C10H10N4O/c1-2-10-9(12-7-15-10)5-8(1)13-14-4-3-11-6-14/h1-2,5-7,13H,3-4H2. The fourth-order valence-corrected chi connectivity index (χ4v) is 1.56. The molecule has 0 fully saturated rings. The minimum atomic E-state index is 0.802. The van der Waals surface area contributed by atoms with Crippen molar-refractivity contribution in [3.8, 4) is 0 Å². The van der Waals surface area contributed by atoms with Gasteiger partial charge in [0.2, 0.25) is 0 Å². The Bertz CT molecular complexity index is 505. The van der Waals surface area contributed by atoms with Crippen LogP contribution >= 0.6 is 0 Å². The first-order valence-corrected chi connectivity index (χ1v) is 4.78. The molecule has 0 atom stereocenters. The molecule has 76 valence electrons. The summed E-state index contributed by atoms with van der Waals surface area (Å²) in [5.74, 6) is 0. The van der Waals surface area contributed by atoms with E-state index in [9.17, 15) is 0 Å².